The molecule has 0 spiro atoms. The van der Waals surface area contributed by atoms with Crippen LogP contribution in [0.4, 0.5) is 11.4 Å². The van der Waals surface area contributed by atoms with Crippen LogP contribution in [0.3, 0.4) is 0 Å². The fourth-order valence-electron chi connectivity index (χ4n) is 4.19. The average molecular weight is 433 g/mol. The van der Waals surface area contributed by atoms with Gasteiger partial charge in [0.25, 0.3) is 0 Å². The SMILES string of the molecule is Cc1ncc(-c2ccc3c(c2)N(c2cnc(C4CC4)c([S+](C)[O-])c2)C(=O)C3(C)C)cn1. The largest absolute Gasteiger partial charge is 0.612 e. The van der Waals surface area contributed by atoms with Gasteiger partial charge >= 0.3 is 0 Å². The first-order chi connectivity index (χ1) is 14.8. The van der Waals surface area contributed by atoms with E-state index in [-0.39, 0.29) is 5.91 Å². The van der Waals surface area contributed by atoms with E-state index < -0.39 is 16.6 Å². The highest BCUT2D eigenvalue weighted by atomic mass is 32.2. The maximum Gasteiger partial charge on any atom is 0.241 e. The molecular formula is C24H24N4O2S. The molecule has 0 N–H and O–H groups in total. The van der Waals surface area contributed by atoms with Crippen molar-refractivity contribution in [2.45, 2.75) is 49.8 Å². The van der Waals surface area contributed by atoms with Crippen LogP contribution in [-0.2, 0) is 21.4 Å². The number of nitrogens with zero attached hydrogens (tertiary/aromatic N) is 4. The first-order valence-corrected chi connectivity index (χ1v) is 11.9. The summed E-state index contributed by atoms with van der Waals surface area (Å²) in [7, 11) is 0. The number of hydrogen-bond acceptors (Lipinski definition) is 5. The van der Waals surface area contributed by atoms with E-state index in [2.05, 4.69) is 15.0 Å². The third-order valence-corrected chi connectivity index (χ3v) is 7.11. The topological polar surface area (TPSA) is 82.0 Å². The third-order valence-electron chi connectivity index (χ3n) is 6.16. The Kier molecular flexibility index (Phi) is 4.64. The minimum atomic E-state index is -1.17. The second kappa shape index (κ2) is 7.14. The number of hydrogen-bond donors (Lipinski definition) is 0. The van der Waals surface area contributed by atoms with E-state index in [1.165, 1.54) is 0 Å². The van der Waals surface area contributed by atoms with Gasteiger partial charge in [-0.15, -0.1) is 0 Å². The Hall–Kier alpha value is -2.77. The van der Waals surface area contributed by atoms with Crippen LogP contribution < -0.4 is 4.90 Å². The van der Waals surface area contributed by atoms with Crippen LogP contribution in [-0.4, -0.2) is 31.7 Å². The van der Waals surface area contributed by atoms with Gasteiger partial charge in [0.1, 0.15) is 12.1 Å². The molecule has 1 saturated carbocycles. The molecule has 2 aromatic heterocycles. The predicted molar refractivity (Wildman–Crippen MR) is 121 cm³/mol. The molecule has 6 nitrogen and oxygen atoms in total. The molecule has 1 aromatic carbocycles. The van der Waals surface area contributed by atoms with Crippen LogP contribution >= 0.6 is 0 Å². The molecule has 3 aromatic rings. The van der Waals surface area contributed by atoms with Crippen LogP contribution in [0.1, 0.15) is 49.7 Å². The highest BCUT2D eigenvalue weighted by molar-refractivity contribution is 7.90. The van der Waals surface area contributed by atoms with Crippen molar-refractivity contribution in [3.05, 3.63) is 59.9 Å². The first kappa shape index (κ1) is 20.2. The molecule has 5 rings (SSSR count). The zero-order valence-corrected chi connectivity index (χ0v) is 18.9. The number of aromatic nitrogens is 3. The van der Waals surface area contributed by atoms with Gasteiger partial charge in [-0.25, -0.2) is 9.97 Å². The summed E-state index contributed by atoms with van der Waals surface area (Å²) in [6, 6.07) is 7.90. The molecule has 3 heterocycles. The number of benzene rings is 1. The standard InChI is InChI=1S/C24H24N4O2S/c1-14-25-11-17(12-26-14)16-7-8-19-20(9-16)28(23(29)24(19,2)3)18-10-21(31(4)30)22(27-13-18)15-5-6-15/h7-13,15H,5-6H2,1-4H3. The Morgan fingerprint density at radius 2 is 1.77 bits per heavy atom. The number of amides is 1. The summed E-state index contributed by atoms with van der Waals surface area (Å²) in [5.41, 5.74) is 4.50. The molecule has 0 radical (unpaired) electrons. The molecule has 0 bridgehead atoms. The van der Waals surface area contributed by atoms with Crippen LogP contribution in [0.15, 0.2) is 47.8 Å². The van der Waals surface area contributed by atoms with Gasteiger partial charge < -0.3 is 4.55 Å². The van der Waals surface area contributed by atoms with Crippen LogP contribution in [0.25, 0.3) is 11.1 Å². The maximum absolute atomic E-state index is 13.5. The quantitative estimate of drug-likeness (QED) is 0.570. The van der Waals surface area contributed by atoms with Crippen molar-refractivity contribution in [1.82, 2.24) is 15.0 Å². The van der Waals surface area contributed by atoms with E-state index in [9.17, 15) is 9.35 Å². The normalized spacial score (nSPS) is 18.2. The molecule has 31 heavy (non-hydrogen) atoms. The fraction of sp³-hybridized carbons (Fsp3) is 0.333. The van der Waals surface area contributed by atoms with E-state index in [1.54, 1.807) is 29.7 Å². The number of pyridine rings is 1. The lowest BCUT2D eigenvalue weighted by Crippen LogP contribution is -2.33. The van der Waals surface area contributed by atoms with Crippen molar-refractivity contribution >= 4 is 28.5 Å². The van der Waals surface area contributed by atoms with Gasteiger partial charge in [-0.2, -0.15) is 0 Å². The average Bonchev–Trinajstić information content (AvgIpc) is 3.56. The molecule has 1 aliphatic carbocycles. The monoisotopic (exact) mass is 432 g/mol. The molecule has 1 aliphatic heterocycles. The van der Waals surface area contributed by atoms with Crippen molar-refractivity contribution < 1.29 is 9.35 Å². The molecule has 7 heteroatoms. The lowest BCUT2D eigenvalue weighted by molar-refractivity contribution is -0.121. The minimum Gasteiger partial charge on any atom is -0.612 e. The Bertz CT molecular complexity index is 1190. The smallest absolute Gasteiger partial charge is 0.241 e. The Balaban J connectivity index is 1.64. The first-order valence-electron chi connectivity index (χ1n) is 10.4. The highest BCUT2D eigenvalue weighted by Gasteiger charge is 2.45. The summed E-state index contributed by atoms with van der Waals surface area (Å²) in [5, 5.41) is 0. The zero-order chi connectivity index (χ0) is 21.9. The van der Waals surface area contributed by atoms with Crippen molar-refractivity contribution in [1.29, 1.82) is 0 Å². The van der Waals surface area contributed by atoms with Crippen LogP contribution in [0.5, 0.6) is 0 Å². The molecule has 2 aliphatic rings. The van der Waals surface area contributed by atoms with Crippen molar-refractivity contribution in [2.75, 3.05) is 11.2 Å². The Morgan fingerprint density at radius 3 is 2.42 bits per heavy atom. The number of fused-ring (bicyclic) bond motifs is 1. The van der Waals surface area contributed by atoms with Gasteiger partial charge in [-0.1, -0.05) is 12.1 Å². The summed E-state index contributed by atoms with van der Waals surface area (Å²) in [4.78, 5) is 29.2. The summed E-state index contributed by atoms with van der Waals surface area (Å²) in [5.74, 6) is 1.08. The zero-order valence-electron chi connectivity index (χ0n) is 18.0. The number of aryl methyl sites for hydroxylation is 1. The van der Waals surface area contributed by atoms with Crippen LogP contribution in [0, 0.1) is 6.92 Å². The molecule has 1 fully saturated rings. The van der Waals surface area contributed by atoms with E-state index in [1.807, 2.05) is 45.0 Å². The van der Waals surface area contributed by atoms with E-state index >= 15 is 0 Å². The number of carbonyl (C=O) groups is 1. The van der Waals surface area contributed by atoms with E-state index in [0.717, 1.165) is 45.8 Å². The van der Waals surface area contributed by atoms with E-state index in [0.29, 0.717) is 17.4 Å². The molecule has 1 unspecified atom stereocenters. The van der Waals surface area contributed by atoms with Gasteiger partial charge in [0.15, 0.2) is 4.90 Å². The Morgan fingerprint density at radius 1 is 1.06 bits per heavy atom. The predicted octanol–water partition coefficient (Wildman–Crippen LogP) is 4.42. The summed E-state index contributed by atoms with van der Waals surface area (Å²) in [6.07, 6.45) is 9.16. The van der Waals surface area contributed by atoms with Gasteiger partial charge in [0.2, 0.25) is 5.91 Å². The molecule has 0 saturated heterocycles. The molecular weight excluding hydrogens is 408 g/mol. The van der Waals surface area contributed by atoms with Crippen LogP contribution in [0.2, 0.25) is 0 Å². The third kappa shape index (κ3) is 3.32. The lowest BCUT2D eigenvalue weighted by atomic mass is 9.85. The maximum atomic E-state index is 13.5. The van der Waals surface area contributed by atoms with Gasteiger partial charge in [-0.3, -0.25) is 14.7 Å². The number of carbonyl (C=O) groups excluding carboxylic acids is 1. The van der Waals surface area contributed by atoms with E-state index in [4.69, 9.17) is 0 Å². The second-order valence-electron chi connectivity index (χ2n) is 8.82. The second-order valence-corrected chi connectivity index (χ2v) is 10.2. The highest BCUT2D eigenvalue weighted by Crippen LogP contribution is 2.48. The summed E-state index contributed by atoms with van der Waals surface area (Å²) >= 11 is -1.17. The molecule has 1 amide bonds. The van der Waals surface area contributed by atoms with Gasteiger partial charge in [-0.05, 0) is 62.0 Å². The molecule has 158 valence electrons. The minimum absolute atomic E-state index is 0.0198. The lowest BCUT2D eigenvalue weighted by Gasteiger charge is -2.21. The van der Waals surface area contributed by atoms with Gasteiger partial charge in [0.05, 0.1) is 28.7 Å². The Labute approximate surface area is 184 Å². The van der Waals surface area contributed by atoms with Gasteiger partial charge in [0, 0.05) is 29.9 Å². The number of rotatable bonds is 4. The van der Waals surface area contributed by atoms with Crippen molar-refractivity contribution in [3.8, 4) is 11.1 Å². The number of anilines is 2. The summed E-state index contributed by atoms with van der Waals surface area (Å²) < 4.78 is 12.4. The molecule has 1 atom stereocenters. The van der Waals surface area contributed by atoms with Crippen molar-refractivity contribution in [2.24, 2.45) is 0 Å². The summed E-state index contributed by atoms with van der Waals surface area (Å²) in [6.45, 7) is 5.73. The fourth-order valence-corrected chi connectivity index (χ4v) is 4.99. The van der Waals surface area contributed by atoms with Crippen molar-refractivity contribution in [3.63, 3.8) is 0 Å².